The quantitative estimate of drug-likeness (QED) is 0.518. The van der Waals surface area contributed by atoms with Crippen molar-refractivity contribution in [3.63, 3.8) is 0 Å². The Morgan fingerprint density at radius 2 is 1.67 bits per heavy atom. The molecule has 0 aliphatic carbocycles. The summed E-state index contributed by atoms with van der Waals surface area (Å²) in [5, 5.41) is 1.56. The molecule has 0 unspecified atom stereocenters. The number of hydrogen-bond donors (Lipinski definition) is 0. The van der Waals surface area contributed by atoms with Gasteiger partial charge in [0.05, 0.1) is 8.07 Å². The van der Waals surface area contributed by atoms with E-state index >= 15 is 0 Å². The van der Waals surface area contributed by atoms with Crippen LogP contribution >= 0.6 is 0 Å². The molecule has 21 heavy (non-hydrogen) atoms. The summed E-state index contributed by atoms with van der Waals surface area (Å²) in [5.74, 6) is 0. The van der Waals surface area contributed by atoms with Gasteiger partial charge in [-0.2, -0.15) is 34.5 Å². The summed E-state index contributed by atoms with van der Waals surface area (Å²) in [6.45, 7) is 11.5. The summed E-state index contributed by atoms with van der Waals surface area (Å²) < 4.78 is 0. The Morgan fingerprint density at radius 1 is 1.05 bits per heavy atom. The molecule has 0 heterocycles. The second kappa shape index (κ2) is 12.0. The van der Waals surface area contributed by atoms with Gasteiger partial charge in [0.2, 0.25) is 0 Å². The average molecular weight is 344 g/mol. The van der Waals surface area contributed by atoms with E-state index in [0.29, 0.717) is 0 Å². The summed E-state index contributed by atoms with van der Waals surface area (Å²) in [4.78, 5) is 0. The Kier molecular flexibility index (Phi) is 14.5. The summed E-state index contributed by atoms with van der Waals surface area (Å²) in [6.07, 6.45) is 2.35. The summed E-state index contributed by atoms with van der Waals surface area (Å²) in [7, 11) is -0.981. The molecule has 0 spiro atoms. The van der Waals surface area contributed by atoms with Crippen molar-refractivity contribution in [1.82, 2.24) is 0 Å². The number of rotatable bonds is 3. The molecule has 0 atom stereocenters. The Bertz CT molecular complexity index is 414. The van der Waals surface area contributed by atoms with E-state index in [-0.39, 0.29) is 31.9 Å². The van der Waals surface area contributed by atoms with Crippen LogP contribution in [0.15, 0.2) is 42.5 Å². The first-order chi connectivity index (χ1) is 8.49. The molecule has 0 aliphatic rings. The van der Waals surface area contributed by atoms with Gasteiger partial charge in [-0.05, 0) is 0 Å². The predicted octanol–water partition coefficient (Wildman–Crippen LogP) is 5.38. The van der Waals surface area contributed by atoms with Crippen molar-refractivity contribution in [3.05, 3.63) is 68.4 Å². The molecule has 0 amide bonds. The third-order valence-corrected chi connectivity index (χ3v) is 5.36. The fourth-order valence-electron chi connectivity index (χ4n) is 2.06. The van der Waals surface area contributed by atoms with Crippen LogP contribution in [-0.2, 0) is 29.9 Å². The average Bonchev–Trinajstić information content (AvgIpc) is 2.99. The van der Waals surface area contributed by atoms with E-state index in [2.05, 4.69) is 76.0 Å². The molecular formula is C19H32FeSi. The molecular weight excluding hydrogens is 312 g/mol. The Labute approximate surface area is 145 Å². The smallest absolute Gasteiger partial charge is 0.358 e. The summed E-state index contributed by atoms with van der Waals surface area (Å²) in [6, 6.07) is 15.2. The SMILES string of the molecule is CCc1ccc[c-]1CC.C[Si](C)(C)c1ccc[cH-]1.[CH3-].[CH3-].[Fe+4]. The maximum Gasteiger partial charge on any atom is 4.00 e. The molecule has 0 fully saturated rings. The van der Waals surface area contributed by atoms with Crippen LogP contribution in [0.25, 0.3) is 0 Å². The van der Waals surface area contributed by atoms with Crippen molar-refractivity contribution in [2.75, 3.05) is 0 Å². The van der Waals surface area contributed by atoms with Gasteiger partial charge >= 0.3 is 17.1 Å². The maximum absolute atomic E-state index is 2.36. The van der Waals surface area contributed by atoms with Crippen LogP contribution in [-0.4, -0.2) is 8.07 Å². The number of hydrogen-bond acceptors (Lipinski definition) is 0. The van der Waals surface area contributed by atoms with Gasteiger partial charge < -0.3 is 14.9 Å². The molecule has 0 saturated carbocycles. The molecule has 0 radical (unpaired) electrons. The fraction of sp³-hybridized carbons (Fsp3) is 0.368. The van der Waals surface area contributed by atoms with Crippen LogP contribution in [0.4, 0.5) is 0 Å². The predicted molar refractivity (Wildman–Crippen MR) is 98.6 cm³/mol. The first-order valence-electron chi connectivity index (χ1n) is 6.94. The molecule has 2 aromatic carbocycles. The van der Waals surface area contributed by atoms with Crippen LogP contribution in [0.3, 0.4) is 0 Å². The van der Waals surface area contributed by atoms with Crippen LogP contribution in [0.1, 0.15) is 25.0 Å². The van der Waals surface area contributed by atoms with Crippen LogP contribution < -0.4 is 5.19 Å². The minimum atomic E-state index is -0.981. The van der Waals surface area contributed by atoms with Crippen LogP contribution in [0, 0.1) is 14.9 Å². The fourth-order valence-corrected chi connectivity index (χ4v) is 3.25. The standard InChI is InChI=1S/C9H13.C8H13Si.2CH3.Fe/c1-3-8-6-5-7-9(8)4-2;1-9(2,3)8-6-4-5-7-8;;;/h5-7H,3-4H2,1-2H3;4-7H,1-3H3;2*1H3;/q4*-1;+4. The van der Waals surface area contributed by atoms with Crippen molar-refractivity contribution >= 4 is 13.3 Å². The van der Waals surface area contributed by atoms with Crippen molar-refractivity contribution in [3.8, 4) is 0 Å². The molecule has 0 bridgehead atoms. The third kappa shape index (κ3) is 8.46. The van der Waals surface area contributed by atoms with E-state index < -0.39 is 8.07 Å². The van der Waals surface area contributed by atoms with Crippen molar-refractivity contribution in [2.24, 2.45) is 0 Å². The molecule has 2 heteroatoms. The molecule has 0 saturated heterocycles. The van der Waals surface area contributed by atoms with Gasteiger partial charge in [-0.3, -0.25) is 0 Å². The largest absolute Gasteiger partial charge is 4.00 e. The monoisotopic (exact) mass is 344 g/mol. The Hall–Kier alpha value is -0.564. The first kappa shape index (κ1) is 25.4. The Balaban J connectivity index is -0.000000270. The topological polar surface area (TPSA) is 0 Å². The van der Waals surface area contributed by atoms with Gasteiger partial charge in [0.1, 0.15) is 0 Å². The molecule has 0 aromatic heterocycles. The van der Waals surface area contributed by atoms with Crippen molar-refractivity contribution in [1.29, 1.82) is 0 Å². The zero-order valence-corrected chi connectivity index (χ0v) is 16.9. The molecule has 0 aliphatic heterocycles. The second-order valence-corrected chi connectivity index (χ2v) is 10.8. The first-order valence-corrected chi connectivity index (χ1v) is 10.4. The molecule has 2 rings (SSSR count). The van der Waals surface area contributed by atoms with Gasteiger partial charge in [-0.1, -0.05) is 46.3 Å². The van der Waals surface area contributed by atoms with Gasteiger partial charge in [-0.15, -0.1) is 0 Å². The Morgan fingerprint density at radius 3 is 1.95 bits per heavy atom. The van der Waals surface area contributed by atoms with Gasteiger partial charge in [0, 0.05) is 0 Å². The normalized spacial score (nSPS) is 9.38. The van der Waals surface area contributed by atoms with Crippen molar-refractivity contribution < 1.29 is 17.1 Å². The van der Waals surface area contributed by atoms with E-state index in [0.717, 1.165) is 0 Å². The summed E-state index contributed by atoms with van der Waals surface area (Å²) in [5.41, 5.74) is 3.02. The molecule has 0 N–H and O–H groups in total. The van der Waals surface area contributed by atoms with Gasteiger partial charge in [-0.25, -0.2) is 24.3 Å². The van der Waals surface area contributed by atoms with Gasteiger partial charge in [0.15, 0.2) is 0 Å². The zero-order valence-electron chi connectivity index (χ0n) is 14.8. The van der Waals surface area contributed by atoms with Crippen molar-refractivity contribution in [2.45, 2.75) is 46.3 Å². The van der Waals surface area contributed by atoms with Gasteiger partial charge in [0.25, 0.3) is 0 Å². The third-order valence-electron chi connectivity index (χ3n) is 3.30. The minimum Gasteiger partial charge on any atom is -0.358 e. The number of aryl methyl sites for hydroxylation is 2. The van der Waals surface area contributed by atoms with Crippen LogP contribution in [0.2, 0.25) is 19.6 Å². The second-order valence-electron chi connectivity index (χ2n) is 5.71. The van der Waals surface area contributed by atoms with E-state index in [1.165, 1.54) is 24.0 Å². The van der Waals surface area contributed by atoms with E-state index in [9.17, 15) is 0 Å². The van der Waals surface area contributed by atoms with E-state index in [4.69, 9.17) is 0 Å². The van der Waals surface area contributed by atoms with E-state index in [1.807, 2.05) is 0 Å². The summed E-state index contributed by atoms with van der Waals surface area (Å²) >= 11 is 0. The molecule has 0 nitrogen and oxygen atoms in total. The zero-order chi connectivity index (χ0) is 13.6. The maximum atomic E-state index is 2.36. The van der Waals surface area contributed by atoms with E-state index in [1.54, 1.807) is 5.19 Å². The molecule has 120 valence electrons. The molecule has 2 aromatic rings. The van der Waals surface area contributed by atoms with Crippen LogP contribution in [0.5, 0.6) is 0 Å². The minimum absolute atomic E-state index is 0.